The Kier molecular flexibility index (Phi) is 11.9. The maximum atomic E-state index is 12.1. The highest BCUT2D eigenvalue weighted by molar-refractivity contribution is 14.0. The van der Waals surface area contributed by atoms with Crippen LogP contribution in [-0.4, -0.2) is 42.2 Å². The quantitative estimate of drug-likeness (QED) is 0.162. The maximum absolute atomic E-state index is 12.1. The number of phenolic OH excluding ortho intramolecular Hbond substituents is 1. The van der Waals surface area contributed by atoms with Gasteiger partial charge in [0.05, 0.1) is 6.54 Å². The van der Waals surface area contributed by atoms with Gasteiger partial charge in [0.15, 0.2) is 5.96 Å². The Balaban J connectivity index is 0.00000512. The molecule has 1 amide bonds. The van der Waals surface area contributed by atoms with E-state index < -0.39 is 0 Å². The largest absolute Gasteiger partial charge is 0.508 e. The molecule has 0 bridgehead atoms. The zero-order valence-corrected chi connectivity index (χ0v) is 21.6. The lowest BCUT2D eigenvalue weighted by Crippen LogP contribution is -2.38. The predicted octanol–water partition coefficient (Wildman–Crippen LogP) is 4.06. The van der Waals surface area contributed by atoms with E-state index in [9.17, 15) is 9.90 Å². The second-order valence-corrected chi connectivity index (χ2v) is 8.10. The summed E-state index contributed by atoms with van der Waals surface area (Å²) in [5, 5.41) is 18.8. The van der Waals surface area contributed by atoms with Crippen LogP contribution in [0.5, 0.6) is 11.5 Å². The minimum atomic E-state index is -0.272. The van der Waals surface area contributed by atoms with E-state index in [-0.39, 0.29) is 41.2 Å². The molecule has 0 aliphatic rings. The number of nitrogens with zero attached hydrogens (tertiary/aromatic N) is 1. The summed E-state index contributed by atoms with van der Waals surface area (Å²) >= 11 is 0. The zero-order chi connectivity index (χ0) is 22.7. The Morgan fingerprint density at radius 1 is 1.03 bits per heavy atom. The van der Waals surface area contributed by atoms with Crippen LogP contribution in [0.4, 0.5) is 0 Å². The van der Waals surface area contributed by atoms with Crippen molar-refractivity contribution in [2.45, 2.75) is 46.3 Å². The number of carbonyl (C=O) groups excluding carboxylic acids is 1. The van der Waals surface area contributed by atoms with E-state index >= 15 is 0 Å². The van der Waals surface area contributed by atoms with Crippen molar-refractivity contribution in [1.82, 2.24) is 16.0 Å². The Hall–Kier alpha value is -2.49. The summed E-state index contributed by atoms with van der Waals surface area (Å²) in [5.41, 5.74) is 1.19. The number of benzene rings is 2. The van der Waals surface area contributed by atoms with Gasteiger partial charge in [0.25, 0.3) is 5.91 Å². The van der Waals surface area contributed by atoms with E-state index in [1.54, 1.807) is 12.1 Å². The first-order valence-corrected chi connectivity index (χ1v) is 10.6. The van der Waals surface area contributed by atoms with E-state index in [1.165, 1.54) is 12.1 Å². The van der Waals surface area contributed by atoms with Gasteiger partial charge < -0.3 is 25.8 Å². The van der Waals surface area contributed by atoms with Gasteiger partial charge in [-0.05, 0) is 58.4 Å². The monoisotopic (exact) mass is 554 g/mol. The van der Waals surface area contributed by atoms with Gasteiger partial charge in [0, 0.05) is 30.8 Å². The van der Waals surface area contributed by atoms with Gasteiger partial charge >= 0.3 is 0 Å². The Morgan fingerprint density at radius 3 is 2.44 bits per heavy atom. The lowest BCUT2D eigenvalue weighted by molar-refractivity contribution is 0.0953. The number of guanidine groups is 1. The molecule has 0 saturated heterocycles. The average molecular weight is 554 g/mol. The number of halogens is 1. The molecule has 2 aromatic rings. The summed E-state index contributed by atoms with van der Waals surface area (Å²) in [5.74, 6) is 1.43. The minimum absolute atomic E-state index is 0. The number of para-hydroxylation sites is 1. The molecule has 2 aromatic carbocycles. The summed E-state index contributed by atoms with van der Waals surface area (Å²) in [6, 6.07) is 14.2. The van der Waals surface area contributed by atoms with E-state index in [4.69, 9.17) is 4.74 Å². The highest BCUT2D eigenvalue weighted by Gasteiger charge is 2.14. The summed E-state index contributed by atoms with van der Waals surface area (Å²) in [6.07, 6.45) is 0.735. The number of rotatable bonds is 9. The molecule has 0 radical (unpaired) electrons. The molecule has 0 heterocycles. The molecule has 0 spiro atoms. The molecular weight excluding hydrogens is 519 g/mol. The van der Waals surface area contributed by atoms with Crippen LogP contribution in [0.3, 0.4) is 0 Å². The number of amides is 1. The third-order valence-electron chi connectivity index (χ3n) is 4.18. The Morgan fingerprint density at radius 2 is 1.75 bits per heavy atom. The molecule has 0 aliphatic heterocycles. The van der Waals surface area contributed by atoms with Gasteiger partial charge in [0.2, 0.25) is 0 Å². The van der Waals surface area contributed by atoms with Crippen molar-refractivity contribution in [3.8, 4) is 11.5 Å². The third kappa shape index (κ3) is 10.2. The topological polar surface area (TPSA) is 95.0 Å². The molecule has 32 heavy (non-hydrogen) atoms. The smallest absolute Gasteiger partial charge is 0.251 e. The first-order valence-electron chi connectivity index (χ1n) is 10.6. The van der Waals surface area contributed by atoms with Crippen molar-refractivity contribution < 1.29 is 14.6 Å². The second-order valence-electron chi connectivity index (χ2n) is 8.10. The SMILES string of the molecule is CCNC(=NCc1ccccc1OC(C)(C)C)NCCCNC(=O)c1cccc(O)c1.I. The van der Waals surface area contributed by atoms with Crippen LogP contribution in [-0.2, 0) is 6.54 Å². The Bertz CT molecular complexity index is 882. The normalized spacial score (nSPS) is 11.3. The fraction of sp³-hybridized carbons (Fsp3) is 0.417. The van der Waals surface area contributed by atoms with Crippen molar-refractivity contribution in [3.05, 3.63) is 59.7 Å². The minimum Gasteiger partial charge on any atom is -0.508 e. The summed E-state index contributed by atoms with van der Waals surface area (Å²) in [6.45, 7) is 10.5. The highest BCUT2D eigenvalue weighted by atomic mass is 127. The molecule has 0 atom stereocenters. The molecule has 0 unspecified atom stereocenters. The predicted molar refractivity (Wildman–Crippen MR) is 140 cm³/mol. The van der Waals surface area contributed by atoms with Gasteiger partial charge in [-0.3, -0.25) is 4.79 Å². The van der Waals surface area contributed by atoms with Crippen molar-refractivity contribution in [2.75, 3.05) is 19.6 Å². The van der Waals surface area contributed by atoms with Crippen LogP contribution in [0.25, 0.3) is 0 Å². The molecule has 2 rings (SSSR count). The lowest BCUT2D eigenvalue weighted by atomic mass is 10.1. The van der Waals surface area contributed by atoms with E-state index in [0.717, 1.165) is 24.3 Å². The van der Waals surface area contributed by atoms with E-state index in [0.29, 0.717) is 31.2 Å². The molecule has 0 aliphatic carbocycles. The molecular formula is C24H35IN4O3. The standard InChI is InChI=1S/C24H34N4O3.HI/c1-5-25-23(28-17-19-10-6-7-13-21(19)31-24(2,3)4)27-15-9-14-26-22(30)18-11-8-12-20(29)16-18;/h6-8,10-13,16,29H,5,9,14-15,17H2,1-4H3,(H,26,30)(H2,25,27,28);1H. The van der Waals surface area contributed by atoms with Crippen molar-refractivity contribution >= 4 is 35.8 Å². The average Bonchev–Trinajstić information content (AvgIpc) is 2.71. The Labute approximate surface area is 208 Å². The first kappa shape index (κ1) is 27.5. The molecule has 0 fully saturated rings. The number of phenols is 1. The van der Waals surface area contributed by atoms with Crippen LogP contribution in [0.15, 0.2) is 53.5 Å². The van der Waals surface area contributed by atoms with Crippen LogP contribution < -0.4 is 20.7 Å². The number of hydrogen-bond donors (Lipinski definition) is 4. The maximum Gasteiger partial charge on any atom is 0.251 e. The summed E-state index contributed by atoms with van der Waals surface area (Å²) in [7, 11) is 0. The van der Waals surface area contributed by atoms with Gasteiger partial charge in [-0.1, -0.05) is 24.3 Å². The summed E-state index contributed by atoms with van der Waals surface area (Å²) in [4.78, 5) is 16.8. The van der Waals surface area contributed by atoms with Crippen LogP contribution in [0, 0.1) is 0 Å². The first-order chi connectivity index (χ1) is 14.8. The number of nitrogens with one attached hydrogen (secondary N) is 3. The number of aromatic hydroxyl groups is 1. The highest BCUT2D eigenvalue weighted by Crippen LogP contribution is 2.23. The number of carbonyl (C=O) groups is 1. The van der Waals surface area contributed by atoms with E-state index in [1.807, 2.05) is 52.0 Å². The third-order valence-corrected chi connectivity index (χ3v) is 4.18. The zero-order valence-electron chi connectivity index (χ0n) is 19.3. The van der Waals surface area contributed by atoms with Gasteiger partial charge in [0.1, 0.15) is 17.1 Å². The van der Waals surface area contributed by atoms with Crippen molar-refractivity contribution in [2.24, 2.45) is 4.99 Å². The molecule has 7 nitrogen and oxygen atoms in total. The second kappa shape index (κ2) is 13.8. The fourth-order valence-corrected chi connectivity index (χ4v) is 2.82. The van der Waals surface area contributed by atoms with Gasteiger partial charge in [-0.15, -0.1) is 24.0 Å². The van der Waals surface area contributed by atoms with Crippen LogP contribution in [0.1, 0.15) is 50.0 Å². The molecule has 8 heteroatoms. The van der Waals surface area contributed by atoms with Crippen LogP contribution in [0.2, 0.25) is 0 Å². The van der Waals surface area contributed by atoms with Crippen molar-refractivity contribution in [1.29, 1.82) is 0 Å². The molecule has 0 aromatic heterocycles. The van der Waals surface area contributed by atoms with Crippen molar-refractivity contribution in [3.63, 3.8) is 0 Å². The van der Waals surface area contributed by atoms with Gasteiger partial charge in [-0.25, -0.2) is 4.99 Å². The fourth-order valence-electron chi connectivity index (χ4n) is 2.82. The number of aliphatic imine (C=N–C) groups is 1. The van der Waals surface area contributed by atoms with Gasteiger partial charge in [-0.2, -0.15) is 0 Å². The molecule has 0 saturated carbocycles. The summed E-state index contributed by atoms with van der Waals surface area (Å²) < 4.78 is 6.04. The van der Waals surface area contributed by atoms with E-state index in [2.05, 4.69) is 20.9 Å². The van der Waals surface area contributed by atoms with Crippen LogP contribution >= 0.6 is 24.0 Å². The molecule has 4 N–H and O–H groups in total. The number of hydrogen-bond acceptors (Lipinski definition) is 4. The lowest BCUT2D eigenvalue weighted by Gasteiger charge is -2.23. The molecule has 176 valence electrons. The number of ether oxygens (including phenoxy) is 1.